The first-order valence-corrected chi connectivity index (χ1v) is 8.19. The average molecular weight is 311 g/mol. The number of hydrogen-bond donors (Lipinski definition) is 1. The van der Waals surface area contributed by atoms with E-state index in [9.17, 15) is 9.59 Å². The molecule has 1 amide bonds. The van der Waals surface area contributed by atoms with E-state index in [0.29, 0.717) is 6.42 Å². The quantitative estimate of drug-likeness (QED) is 0.748. The summed E-state index contributed by atoms with van der Waals surface area (Å²) < 4.78 is 10.0. The molecule has 21 heavy (non-hydrogen) atoms. The predicted octanol–water partition coefficient (Wildman–Crippen LogP) is 2.60. The van der Waals surface area contributed by atoms with Gasteiger partial charge < -0.3 is 14.8 Å². The van der Waals surface area contributed by atoms with Crippen molar-refractivity contribution in [3.05, 3.63) is 35.9 Å². The van der Waals surface area contributed by atoms with Gasteiger partial charge in [0, 0.05) is 0 Å². The Morgan fingerprint density at radius 3 is 2.57 bits per heavy atom. The Bertz CT molecular complexity index is 439. The summed E-state index contributed by atoms with van der Waals surface area (Å²) in [6.07, 6.45) is 1.84. The molecular formula is C15H21NO4S. The summed E-state index contributed by atoms with van der Waals surface area (Å²) >= 11 is 1.60. The highest BCUT2D eigenvalue weighted by Gasteiger charge is 2.22. The molecule has 0 aliphatic rings. The smallest absolute Gasteiger partial charge is 0.408 e. The van der Waals surface area contributed by atoms with Gasteiger partial charge in [-0.05, 0) is 30.9 Å². The van der Waals surface area contributed by atoms with Gasteiger partial charge in [-0.2, -0.15) is 11.8 Å². The number of rotatable bonds is 8. The third-order valence-electron chi connectivity index (χ3n) is 2.69. The van der Waals surface area contributed by atoms with Crippen LogP contribution >= 0.6 is 11.8 Å². The molecule has 1 aromatic rings. The Labute approximate surface area is 129 Å². The van der Waals surface area contributed by atoms with Crippen LogP contribution in [0.25, 0.3) is 0 Å². The summed E-state index contributed by atoms with van der Waals surface area (Å²) in [5, 5.41) is 2.56. The summed E-state index contributed by atoms with van der Waals surface area (Å²) in [6, 6.07) is 8.70. The number of carbonyl (C=O) groups excluding carboxylic acids is 2. The van der Waals surface area contributed by atoms with Crippen molar-refractivity contribution in [1.29, 1.82) is 0 Å². The van der Waals surface area contributed by atoms with E-state index in [4.69, 9.17) is 9.47 Å². The molecule has 1 rings (SSSR count). The van der Waals surface area contributed by atoms with Crippen molar-refractivity contribution in [3.63, 3.8) is 0 Å². The third kappa shape index (κ3) is 7.04. The zero-order valence-corrected chi connectivity index (χ0v) is 13.2. The minimum absolute atomic E-state index is 0.171. The highest BCUT2D eigenvalue weighted by molar-refractivity contribution is 7.98. The van der Waals surface area contributed by atoms with Crippen LogP contribution in [0, 0.1) is 0 Å². The third-order valence-corrected chi connectivity index (χ3v) is 3.33. The van der Waals surface area contributed by atoms with E-state index in [2.05, 4.69) is 5.32 Å². The number of ether oxygens (including phenoxy) is 2. The van der Waals surface area contributed by atoms with E-state index in [1.54, 1.807) is 18.7 Å². The highest BCUT2D eigenvalue weighted by Crippen LogP contribution is 2.05. The predicted molar refractivity (Wildman–Crippen MR) is 83.2 cm³/mol. The van der Waals surface area contributed by atoms with Gasteiger partial charge in [0.25, 0.3) is 0 Å². The summed E-state index contributed by atoms with van der Waals surface area (Å²) in [6.45, 7) is 2.19. The minimum atomic E-state index is -0.666. The van der Waals surface area contributed by atoms with E-state index in [-0.39, 0.29) is 13.2 Å². The molecule has 0 fully saturated rings. The average Bonchev–Trinajstić information content (AvgIpc) is 2.50. The second kappa shape index (κ2) is 10.1. The second-order valence-electron chi connectivity index (χ2n) is 4.29. The van der Waals surface area contributed by atoms with Gasteiger partial charge in [0.2, 0.25) is 0 Å². The Morgan fingerprint density at radius 1 is 1.24 bits per heavy atom. The van der Waals surface area contributed by atoms with Crippen molar-refractivity contribution in [2.75, 3.05) is 18.6 Å². The molecule has 0 spiro atoms. The van der Waals surface area contributed by atoms with Gasteiger partial charge in [0.1, 0.15) is 12.6 Å². The topological polar surface area (TPSA) is 64.6 Å². The number of hydrogen-bond acceptors (Lipinski definition) is 5. The number of benzene rings is 1. The molecule has 0 saturated heterocycles. The van der Waals surface area contributed by atoms with Gasteiger partial charge >= 0.3 is 12.1 Å². The molecule has 1 aromatic carbocycles. The maximum absolute atomic E-state index is 11.8. The molecule has 0 radical (unpaired) electrons. The van der Waals surface area contributed by atoms with Crippen LogP contribution in [0.5, 0.6) is 0 Å². The normalized spacial score (nSPS) is 11.5. The summed E-state index contributed by atoms with van der Waals surface area (Å²) in [7, 11) is 0. The molecule has 116 valence electrons. The lowest BCUT2D eigenvalue weighted by molar-refractivity contribution is -0.145. The number of carbonyl (C=O) groups is 2. The second-order valence-corrected chi connectivity index (χ2v) is 5.28. The van der Waals surface area contributed by atoms with Crippen molar-refractivity contribution in [1.82, 2.24) is 5.32 Å². The molecule has 0 aliphatic carbocycles. The number of amides is 1. The van der Waals surface area contributed by atoms with Gasteiger partial charge in [-0.1, -0.05) is 30.3 Å². The Morgan fingerprint density at radius 2 is 1.95 bits per heavy atom. The van der Waals surface area contributed by atoms with Crippen LogP contribution in [0.4, 0.5) is 4.79 Å². The van der Waals surface area contributed by atoms with E-state index in [1.165, 1.54) is 0 Å². The van der Waals surface area contributed by atoms with E-state index in [1.807, 2.05) is 36.6 Å². The molecular weight excluding hydrogens is 290 g/mol. The van der Waals surface area contributed by atoms with Crippen molar-refractivity contribution in [3.8, 4) is 0 Å². The first-order chi connectivity index (χ1) is 10.2. The fourth-order valence-corrected chi connectivity index (χ4v) is 2.11. The zero-order valence-electron chi connectivity index (χ0n) is 12.3. The van der Waals surface area contributed by atoms with Gasteiger partial charge in [0.05, 0.1) is 6.61 Å². The molecule has 0 saturated carbocycles. The van der Waals surface area contributed by atoms with Crippen LogP contribution in [0.3, 0.4) is 0 Å². The lowest BCUT2D eigenvalue weighted by atomic mass is 10.2. The number of alkyl carbamates (subject to hydrolysis) is 1. The molecule has 0 heterocycles. The summed E-state index contributed by atoms with van der Waals surface area (Å²) in [5.74, 6) is 0.325. The molecule has 1 N–H and O–H groups in total. The van der Waals surface area contributed by atoms with Crippen LogP contribution in [-0.2, 0) is 20.9 Å². The van der Waals surface area contributed by atoms with Crippen molar-refractivity contribution in [2.45, 2.75) is 26.0 Å². The van der Waals surface area contributed by atoms with Gasteiger partial charge in [-0.3, -0.25) is 0 Å². The Hall–Kier alpha value is -1.69. The number of nitrogens with one attached hydrogen (secondary N) is 1. The van der Waals surface area contributed by atoms with Gasteiger partial charge in [-0.15, -0.1) is 0 Å². The SMILES string of the molecule is CCOC(=O)C(CCSC)NC(=O)OCc1ccccc1. The van der Waals surface area contributed by atoms with E-state index >= 15 is 0 Å². The lowest BCUT2D eigenvalue weighted by Gasteiger charge is -2.16. The van der Waals surface area contributed by atoms with Crippen LogP contribution in [0.1, 0.15) is 18.9 Å². The zero-order chi connectivity index (χ0) is 15.5. The van der Waals surface area contributed by atoms with Crippen molar-refractivity contribution < 1.29 is 19.1 Å². The maximum Gasteiger partial charge on any atom is 0.408 e. The minimum Gasteiger partial charge on any atom is -0.464 e. The Balaban J connectivity index is 2.45. The van der Waals surface area contributed by atoms with Crippen LogP contribution < -0.4 is 5.32 Å². The lowest BCUT2D eigenvalue weighted by Crippen LogP contribution is -2.42. The fourth-order valence-electron chi connectivity index (χ4n) is 1.63. The molecule has 1 unspecified atom stereocenters. The molecule has 6 heteroatoms. The van der Waals surface area contributed by atoms with Crippen LogP contribution in [-0.4, -0.2) is 36.7 Å². The molecule has 1 atom stereocenters. The largest absolute Gasteiger partial charge is 0.464 e. The maximum atomic E-state index is 11.8. The molecule has 0 aliphatic heterocycles. The van der Waals surface area contributed by atoms with Crippen LogP contribution in [0.15, 0.2) is 30.3 Å². The van der Waals surface area contributed by atoms with Crippen molar-refractivity contribution >= 4 is 23.8 Å². The Kier molecular flexibility index (Phi) is 8.35. The summed E-state index contributed by atoms with van der Waals surface area (Å²) in [5.41, 5.74) is 0.893. The summed E-state index contributed by atoms with van der Waals surface area (Å²) in [4.78, 5) is 23.5. The monoisotopic (exact) mass is 311 g/mol. The first-order valence-electron chi connectivity index (χ1n) is 6.80. The molecule has 0 bridgehead atoms. The van der Waals surface area contributed by atoms with Crippen LogP contribution in [0.2, 0.25) is 0 Å². The van der Waals surface area contributed by atoms with E-state index < -0.39 is 18.1 Å². The fraction of sp³-hybridized carbons (Fsp3) is 0.467. The van der Waals surface area contributed by atoms with Crippen molar-refractivity contribution in [2.24, 2.45) is 0 Å². The number of esters is 1. The van der Waals surface area contributed by atoms with E-state index in [0.717, 1.165) is 11.3 Å². The standard InChI is InChI=1S/C15H21NO4S/c1-3-19-14(17)13(9-10-21-2)16-15(18)20-11-12-7-5-4-6-8-12/h4-8,13H,3,9-11H2,1-2H3,(H,16,18). The first kappa shape index (κ1) is 17.4. The molecule has 0 aromatic heterocycles. The van der Waals surface area contributed by atoms with Gasteiger partial charge in [0.15, 0.2) is 0 Å². The number of thioether (sulfide) groups is 1. The highest BCUT2D eigenvalue weighted by atomic mass is 32.2. The van der Waals surface area contributed by atoms with Gasteiger partial charge in [-0.25, -0.2) is 9.59 Å². The molecule has 5 nitrogen and oxygen atoms in total.